The van der Waals surface area contributed by atoms with E-state index in [0.717, 1.165) is 43.2 Å². The highest BCUT2D eigenvalue weighted by molar-refractivity contribution is 5.76. The lowest BCUT2D eigenvalue weighted by atomic mass is 10.1. The van der Waals surface area contributed by atoms with E-state index in [1.165, 1.54) is 18.4 Å². The van der Waals surface area contributed by atoms with Crippen LogP contribution in [0.1, 0.15) is 56.0 Å². The number of aromatic nitrogens is 2. The Morgan fingerprint density at radius 2 is 2.17 bits per heavy atom. The molecule has 0 aliphatic heterocycles. The summed E-state index contributed by atoms with van der Waals surface area (Å²) in [6, 6.07) is 2.15. The number of carbonyl (C=O) groups excluding carboxylic acids is 1. The highest BCUT2D eigenvalue weighted by Crippen LogP contribution is 2.30. The zero-order valence-corrected chi connectivity index (χ0v) is 14.6. The topological polar surface area (TPSA) is 61.9 Å². The zero-order valence-electron chi connectivity index (χ0n) is 14.6. The summed E-state index contributed by atoms with van der Waals surface area (Å²) in [5.74, 6) is 1.00. The van der Waals surface area contributed by atoms with Gasteiger partial charge in [-0.25, -0.2) is 0 Å². The van der Waals surface area contributed by atoms with Gasteiger partial charge in [-0.3, -0.25) is 9.48 Å². The predicted molar refractivity (Wildman–Crippen MR) is 89.8 cm³/mol. The first-order chi connectivity index (χ1) is 11.1. The van der Waals surface area contributed by atoms with Crippen molar-refractivity contribution in [3.05, 3.63) is 17.0 Å². The fourth-order valence-corrected chi connectivity index (χ4v) is 3.06. The van der Waals surface area contributed by atoms with Crippen molar-refractivity contribution in [2.24, 2.45) is 5.92 Å². The molecule has 0 spiro atoms. The Balaban J connectivity index is 1.94. The smallest absolute Gasteiger partial charge is 0.222 e. The maximum Gasteiger partial charge on any atom is 0.222 e. The zero-order chi connectivity index (χ0) is 16.8. The van der Waals surface area contributed by atoms with Crippen molar-refractivity contribution in [1.29, 1.82) is 5.26 Å². The van der Waals surface area contributed by atoms with Gasteiger partial charge in [-0.2, -0.15) is 10.4 Å². The van der Waals surface area contributed by atoms with Gasteiger partial charge in [-0.15, -0.1) is 0 Å². The van der Waals surface area contributed by atoms with Crippen molar-refractivity contribution >= 4 is 5.91 Å². The number of carbonyl (C=O) groups is 1. The van der Waals surface area contributed by atoms with Gasteiger partial charge in [0, 0.05) is 25.2 Å². The number of aryl methyl sites for hydroxylation is 2. The van der Waals surface area contributed by atoms with E-state index in [0.29, 0.717) is 19.4 Å². The minimum absolute atomic E-state index is 0.266. The molecule has 0 radical (unpaired) electrons. The third-order valence-corrected chi connectivity index (χ3v) is 4.58. The second kappa shape index (κ2) is 8.14. The van der Waals surface area contributed by atoms with E-state index in [1.54, 1.807) is 0 Å². The van der Waals surface area contributed by atoms with E-state index < -0.39 is 0 Å². The molecular formula is C18H28N4O. The number of rotatable bonds is 9. The van der Waals surface area contributed by atoms with Crippen molar-refractivity contribution in [3.8, 4) is 6.07 Å². The summed E-state index contributed by atoms with van der Waals surface area (Å²) in [7, 11) is 0. The number of amides is 1. The normalized spacial score (nSPS) is 13.8. The second-order valence-electron chi connectivity index (χ2n) is 6.56. The standard InChI is InChI=1S/C18H28N4O/c1-4-11-21(13-16-6-7-16)18(23)9-8-17-14(2)20-22(15(17)3)12-5-10-19/h16H,4-9,11-13H2,1-3H3. The summed E-state index contributed by atoms with van der Waals surface area (Å²) >= 11 is 0. The molecule has 1 amide bonds. The Labute approximate surface area is 139 Å². The Bertz CT molecular complexity index is 581. The average Bonchev–Trinajstić information content (AvgIpc) is 3.30. The van der Waals surface area contributed by atoms with E-state index in [9.17, 15) is 4.79 Å². The molecule has 0 bridgehead atoms. The first kappa shape index (κ1) is 17.5. The van der Waals surface area contributed by atoms with Crippen molar-refractivity contribution < 1.29 is 4.79 Å². The van der Waals surface area contributed by atoms with Crippen LogP contribution in [0, 0.1) is 31.1 Å². The highest BCUT2D eigenvalue weighted by Gasteiger charge is 2.26. The van der Waals surface area contributed by atoms with Crippen LogP contribution in [0.15, 0.2) is 0 Å². The molecular weight excluding hydrogens is 288 g/mol. The van der Waals surface area contributed by atoms with Gasteiger partial charge in [0.1, 0.15) is 0 Å². The summed E-state index contributed by atoms with van der Waals surface area (Å²) < 4.78 is 1.90. The van der Waals surface area contributed by atoms with Crippen molar-refractivity contribution in [1.82, 2.24) is 14.7 Å². The van der Waals surface area contributed by atoms with E-state index >= 15 is 0 Å². The summed E-state index contributed by atoms with van der Waals surface area (Å²) in [5.41, 5.74) is 3.24. The molecule has 23 heavy (non-hydrogen) atoms. The maximum absolute atomic E-state index is 12.5. The summed E-state index contributed by atoms with van der Waals surface area (Å²) in [4.78, 5) is 14.6. The van der Waals surface area contributed by atoms with E-state index in [4.69, 9.17) is 5.26 Å². The summed E-state index contributed by atoms with van der Waals surface area (Å²) in [6.07, 6.45) is 5.33. The molecule has 0 aromatic carbocycles. The van der Waals surface area contributed by atoms with Crippen LogP contribution in [0.2, 0.25) is 0 Å². The molecule has 126 valence electrons. The Morgan fingerprint density at radius 3 is 2.78 bits per heavy atom. The lowest BCUT2D eigenvalue weighted by Crippen LogP contribution is -2.33. The molecule has 1 aliphatic rings. The van der Waals surface area contributed by atoms with Crippen LogP contribution in [-0.4, -0.2) is 33.7 Å². The molecule has 0 atom stereocenters. The van der Waals surface area contributed by atoms with Crippen LogP contribution in [0.5, 0.6) is 0 Å². The molecule has 5 nitrogen and oxygen atoms in total. The first-order valence-corrected chi connectivity index (χ1v) is 8.74. The van der Waals surface area contributed by atoms with Gasteiger partial charge < -0.3 is 4.90 Å². The Kier molecular flexibility index (Phi) is 6.20. The number of nitriles is 1. The second-order valence-corrected chi connectivity index (χ2v) is 6.56. The molecule has 2 rings (SSSR count). The minimum atomic E-state index is 0.266. The molecule has 1 aliphatic carbocycles. The van der Waals surface area contributed by atoms with Crippen molar-refractivity contribution in [2.75, 3.05) is 13.1 Å². The lowest BCUT2D eigenvalue weighted by molar-refractivity contribution is -0.131. The molecule has 1 fully saturated rings. The maximum atomic E-state index is 12.5. The van der Waals surface area contributed by atoms with Gasteiger partial charge in [0.15, 0.2) is 0 Å². The molecule has 1 aromatic rings. The SMILES string of the molecule is CCCN(CC1CC1)C(=O)CCc1c(C)nn(CCC#N)c1C. The molecule has 0 unspecified atom stereocenters. The van der Waals surface area contributed by atoms with Crippen LogP contribution in [-0.2, 0) is 17.8 Å². The van der Waals surface area contributed by atoms with Crippen LogP contribution < -0.4 is 0 Å². The van der Waals surface area contributed by atoms with Crippen LogP contribution in [0.25, 0.3) is 0 Å². The fraction of sp³-hybridized carbons (Fsp3) is 0.722. The quantitative estimate of drug-likeness (QED) is 0.703. The van der Waals surface area contributed by atoms with Crippen LogP contribution in [0.4, 0.5) is 0 Å². The summed E-state index contributed by atoms with van der Waals surface area (Å²) in [6.45, 7) is 8.58. The molecule has 0 N–H and O–H groups in total. The van der Waals surface area contributed by atoms with Crippen LogP contribution >= 0.6 is 0 Å². The average molecular weight is 316 g/mol. The van der Waals surface area contributed by atoms with Gasteiger partial charge in [-0.1, -0.05) is 6.92 Å². The lowest BCUT2D eigenvalue weighted by Gasteiger charge is -2.22. The van der Waals surface area contributed by atoms with Crippen molar-refractivity contribution in [3.63, 3.8) is 0 Å². The number of hydrogen-bond acceptors (Lipinski definition) is 3. The van der Waals surface area contributed by atoms with E-state index in [-0.39, 0.29) is 5.91 Å². The summed E-state index contributed by atoms with van der Waals surface area (Å²) in [5, 5.41) is 13.2. The van der Waals surface area contributed by atoms with Crippen LogP contribution in [0.3, 0.4) is 0 Å². The molecule has 1 heterocycles. The third kappa shape index (κ3) is 4.82. The number of nitrogens with zero attached hydrogens (tertiary/aromatic N) is 4. The van der Waals surface area contributed by atoms with Gasteiger partial charge in [0.25, 0.3) is 0 Å². The number of hydrogen-bond donors (Lipinski definition) is 0. The molecule has 1 saturated carbocycles. The fourth-order valence-electron chi connectivity index (χ4n) is 3.06. The third-order valence-electron chi connectivity index (χ3n) is 4.58. The predicted octanol–water partition coefficient (Wildman–Crippen LogP) is 2.99. The molecule has 1 aromatic heterocycles. The Hall–Kier alpha value is -1.83. The minimum Gasteiger partial charge on any atom is -0.342 e. The van der Waals surface area contributed by atoms with Gasteiger partial charge in [0.05, 0.1) is 24.7 Å². The van der Waals surface area contributed by atoms with Gasteiger partial charge in [0.2, 0.25) is 5.91 Å². The Morgan fingerprint density at radius 1 is 1.43 bits per heavy atom. The molecule has 0 saturated heterocycles. The highest BCUT2D eigenvalue weighted by atomic mass is 16.2. The van der Waals surface area contributed by atoms with Crippen molar-refractivity contribution in [2.45, 2.75) is 65.8 Å². The van der Waals surface area contributed by atoms with E-state index in [1.807, 2.05) is 23.4 Å². The first-order valence-electron chi connectivity index (χ1n) is 8.74. The monoisotopic (exact) mass is 316 g/mol. The van der Waals surface area contributed by atoms with E-state index in [2.05, 4.69) is 18.1 Å². The van der Waals surface area contributed by atoms with Gasteiger partial charge in [-0.05, 0) is 51.0 Å². The van der Waals surface area contributed by atoms with Gasteiger partial charge >= 0.3 is 0 Å². The largest absolute Gasteiger partial charge is 0.342 e. The molecule has 5 heteroatoms.